The van der Waals surface area contributed by atoms with E-state index in [1.165, 1.54) is 12.8 Å². The SMILES string of the molecule is CN[C@@H]1CCCN(CC(=O)c2ccc[nH]2)C1. The van der Waals surface area contributed by atoms with Crippen molar-refractivity contribution in [2.45, 2.75) is 18.9 Å². The smallest absolute Gasteiger partial charge is 0.192 e. The highest BCUT2D eigenvalue weighted by Gasteiger charge is 2.20. The van der Waals surface area contributed by atoms with Crippen molar-refractivity contribution in [2.24, 2.45) is 0 Å². The van der Waals surface area contributed by atoms with Gasteiger partial charge >= 0.3 is 0 Å². The monoisotopic (exact) mass is 221 g/mol. The highest BCUT2D eigenvalue weighted by atomic mass is 16.1. The van der Waals surface area contributed by atoms with Crippen LogP contribution in [0.5, 0.6) is 0 Å². The van der Waals surface area contributed by atoms with Gasteiger partial charge in [-0.15, -0.1) is 0 Å². The molecule has 0 aliphatic carbocycles. The summed E-state index contributed by atoms with van der Waals surface area (Å²) in [5.74, 6) is 0.182. The molecule has 0 amide bonds. The van der Waals surface area contributed by atoms with Crippen molar-refractivity contribution in [3.63, 3.8) is 0 Å². The standard InChI is InChI=1S/C12H19N3O/c1-13-10-4-3-7-15(8-10)9-12(16)11-5-2-6-14-11/h2,5-6,10,13-14H,3-4,7-9H2,1H3/t10-/m1/s1. The number of ketones is 1. The van der Waals surface area contributed by atoms with Crippen molar-refractivity contribution in [1.82, 2.24) is 15.2 Å². The summed E-state index contributed by atoms with van der Waals surface area (Å²) < 4.78 is 0. The Morgan fingerprint density at radius 2 is 2.56 bits per heavy atom. The molecule has 4 heteroatoms. The van der Waals surface area contributed by atoms with Crippen molar-refractivity contribution in [3.05, 3.63) is 24.0 Å². The third kappa shape index (κ3) is 2.71. The molecule has 0 saturated carbocycles. The summed E-state index contributed by atoms with van der Waals surface area (Å²) in [4.78, 5) is 17.1. The van der Waals surface area contributed by atoms with Gasteiger partial charge in [0.15, 0.2) is 5.78 Å². The molecule has 4 nitrogen and oxygen atoms in total. The van der Waals surface area contributed by atoms with Crippen LogP contribution in [0.4, 0.5) is 0 Å². The van der Waals surface area contributed by atoms with Gasteiger partial charge in [0.2, 0.25) is 0 Å². The molecule has 0 unspecified atom stereocenters. The van der Waals surface area contributed by atoms with Gasteiger partial charge in [-0.2, -0.15) is 0 Å². The summed E-state index contributed by atoms with van der Waals surface area (Å²) in [7, 11) is 1.99. The van der Waals surface area contributed by atoms with Crippen LogP contribution in [0, 0.1) is 0 Å². The van der Waals surface area contributed by atoms with Crippen LogP contribution in [-0.2, 0) is 0 Å². The summed E-state index contributed by atoms with van der Waals surface area (Å²) in [6, 6.07) is 4.23. The Kier molecular flexibility index (Phi) is 3.74. The molecule has 1 atom stereocenters. The number of nitrogens with one attached hydrogen (secondary N) is 2. The molecule has 1 aromatic heterocycles. The fourth-order valence-corrected chi connectivity index (χ4v) is 2.23. The maximum atomic E-state index is 11.9. The normalized spacial score (nSPS) is 22.2. The molecule has 0 spiro atoms. The third-order valence-corrected chi connectivity index (χ3v) is 3.18. The van der Waals surface area contributed by atoms with Crippen molar-refractivity contribution < 1.29 is 4.79 Å². The molecule has 1 aliphatic heterocycles. The molecule has 1 aromatic rings. The Labute approximate surface area is 96.0 Å². The number of hydrogen-bond acceptors (Lipinski definition) is 3. The number of aromatic amines is 1. The minimum absolute atomic E-state index is 0.182. The van der Waals surface area contributed by atoms with Crippen LogP contribution in [-0.4, -0.2) is 48.4 Å². The molecule has 2 N–H and O–H groups in total. The van der Waals surface area contributed by atoms with Crippen LogP contribution in [0.2, 0.25) is 0 Å². The van der Waals surface area contributed by atoms with Crippen molar-refractivity contribution >= 4 is 5.78 Å². The number of carbonyl (C=O) groups excluding carboxylic acids is 1. The van der Waals surface area contributed by atoms with E-state index in [0.717, 1.165) is 13.1 Å². The lowest BCUT2D eigenvalue weighted by molar-refractivity contribution is 0.0897. The molecule has 0 bridgehead atoms. The first-order chi connectivity index (χ1) is 7.79. The summed E-state index contributed by atoms with van der Waals surface area (Å²) in [5, 5.41) is 3.28. The second-order valence-electron chi connectivity index (χ2n) is 4.37. The summed E-state index contributed by atoms with van der Waals surface area (Å²) >= 11 is 0. The summed E-state index contributed by atoms with van der Waals surface area (Å²) in [6.45, 7) is 2.53. The number of aromatic nitrogens is 1. The molecule has 2 heterocycles. The topological polar surface area (TPSA) is 48.1 Å². The quantitative estimate of drug-likeness (QED) is 0.742. The second-order valence-corrected chi connectivity index (χ2v) is 4.37. The lowest BCUT2D eigenvalue weighted by Gasteiger charge is -2.31. The number of carbonyl (C=O) groups is 1. The van der Waals surface area contributed by atoms with E-state index >= 15 is 0 Å². The number of Topliss-reactive ketones (excluding diaryl/α,β-unsaturated/α-hetero) is 1. The first-order valence-corrected chi connectivity index (χ1v) is 5.86. The Hall–Kier alpha value is -1.13. The number of rotatable bonds is 4. The highest BCUT2D eigenvalue weighted by molar-refractivity contribution is 5.95. The number of nitrogens with zero attached hydrogens (tertiary/aromatic N) is 1. The van der Waals surface area contributed by atoms with Gasteiger partial charge in [0.25, 0.3) is 0 Å². The first kappa shape index (κ1) is 11.4. The van der Waals surface area contributed by atoms with E-state index in [1.807, 2.05) is 19.2 Å². The predicted molar refractivity (Wildman–Crippen MR) is 63.6 cm³/mol. The van der Waals surface area contributed by atoms with Gasteiger partial charge < -0.3 is 10.3 Å². The molecular formula is C12H19N3O. The van der Waals surface area contributed by atoms with Gasteiger partial charge in [0.05, 0.1) is 12.2 Å². The average Bonchev–Trinajstić information content (AvgIpc) is 2.83. The Morgan fingerprint density at radius 3 is 3.25 bits per heavy atom. The van der Waals surface area contributed by atoms with E-state index in [2.05, 4.69) is 15.2 Å². The molecule has 1 saturated heterocycles. The molecular weight excluding hydrogens is 202 g/mol. The fourth-order valence-electron chi connectivity index (χ4n) is 2.23. The zero-order valence-electron chi connectivity index (χ0n) is 9.70. The third-order valence-electron chi connectivity index (χ3n) is 3.18. The largest absolute Gasteiger partial charge is 0.359 e. The second kappa shape index (κ2) is 5.27. The number of H-pyrrole nitrogens is 1. The van der Waals surface area contributed by atoms with Crippen molar-refractivity contribution in [1.29, 1.82) is 0 Å². The van der Waals surface area contributed by atoms with Gasteiger partial charge in [0, 0.05) is 18.8 Å². The molecule has 1 aliphatic rings. The lowest BCUT2D eigenvalue weighted by atomic mass is 10.1. The molecule has 0 aromatic carbocycles. The molecule has 0 radical (unpaired) electrons. The van der Waals surface area contributed by atoms with Crippen molar-refractivity contribution in [2.75, 3.05) is 26.7 Å². The number of likely N-dealkylation sites (tertiary alicyclic amines) is 1. The Balaban J connectivity index is 1.87. The van der Waals surface area contributed by atoms with E-state index in [0.29, 0.717) is 18.3 Å². The van der Waals surface area contributed by atoms with Gasteiger partial charge in [-0.25, -0.2) is 0 Å². The lowest BCUT2D eigenvalue weighted by Crippen LogP contribution is -2.46. The van der Waals surface area contributed by atoms with Crippen LogP contribution in [0.3, 0.4) is 0 Å². The highest BCUT2D eigenvalue weighted by Crippen LogP contribution is 2.10. The average molecular weight is 221 g/mol. The van der Waals surface area contributed by atoms with Crippen LogP contribution < -0.4 is 5.32 Å². The zero-order valence-corrected chi connectivity index (χ0v) is 9.70. The van der Waals surface area contributed by atoms with E-state index in [4.69, 9.17) is 0 Å². The minimum Gasteiger partial charge on any atom is -0.359 e. The van der Waals surface area contributed by atoms with Crippen LogP contribution in [0.1, 0.15) is 23.3 Å². The Morgan fingerprint density at radius 1 is 1.69 bits per heavy atom. The maximum Gasteiger partial charge on any atom is 0.192 e. The predicted octanol–water partition coefficient (Wildman–Crippen LogP) is 0.881. The van der Waals surface area contributed by atoms with Crippen LogP contribution >= 0.6 is 0 Å². The van der Waals surface area contributed by atoms with Gasteiger partial charge in [-0.3, -0.25) is 9.69 Å². The summed E-state index contributed by atoms with van der Waals surface area (Å²) in [5.41, 5.74) is 0.714. The number of likely N-dealkylation sites (N-methyl/N-ethyl adjacent to an activating group) is 1. The van der Waals surface area contributed by atoms with Gasteiger partial charge in [0.1, 0.15) is 0 Å². The first-order valence-electron chi connectivity index (χ1n) is 5.86. The molecule has 88 valence electrons. The van der Waals surface area contributed by atoms with Gasteiger partial charge in [-0.1, -0.05) is 0 Å². The Bertz CT molecular complexity index is 334. The molecule has 16 heavy (non-hydrogen) atoms. The molecule has 1 fully saturated rings. The van der Waals surface area contributed by atoms with Crippen LogP contribution in [0.25, 0.3) is 0 Å². The zero-order chi connectivity index (χ0) is 11.4. The summed E-state index contributed by atoms with van der Waals surface area (Å²) in [6.07, 6.45) is 4.17. The van der Waals surface area contributed by atoms with E-state index in [9.17, 15) is 4.79 Å². The number of hydrogen-bond donors (Lipinski definition) is 2. The van der Waals surface area contributed by atoms with E-state index < -0.39 is 0 Å². The minimum atomic E-state index is 0.182. The van der Waals surface area contributed by atoms with Gasteiger partial charge in [-0.05, 0) is 38.6 Å². The maximum absolute atomic E-state index is 11.9. The fraction of sp³-hybridized carbons (Fsp3) is 0.583. The van der Waals surface area contributed by atoms with E-state index in [-0.39, 0.29) is 5.78 Å². The van der Waals surface area contributed by atoms with Crippen molar-refractivity contribution in [3.8, 4) is 0 Å². The number of piperidine rings is 1. The molecule has 2 rings (SSSR count). The van der Waals surface area contributed by atoms with E-state index in [1.54, 1.807) is 6.20 Å². The van der Waals surface area contributed by atoms with Crippen LogP contribution in [0.15, 0.2) is 18.3 Å².